The molecule has 0 spiro atoms. The van der Waals surface area contributed by atoms with Gasteiger partial charge in [-0.3, -0.25) is 19.2 Å². The van der Waals surface area contributed by atoms with Gasteiger partial charge in [0.2, 0.25) is 0 Å². The molecule has 0 radical (unpaired) electrons. The minimum absolute atomic E-state index is 0.0607. The molecule has 9 heteroatoms. The van der Waals surface area contributed by atoms with Crippen LogP contribution in [0.25, 0.3) is 5.57 Å². The zero-order valence-electron chi connectivity index (χ0n) is 47.2. The Kier molecular flexibility index (Phi) is 15.6. The van der Waals surface area contributed by atoms with Crippen LogP contribution in [0.4, 0.5) is 0 Å². The van der Waals surface area contributed by atoms with E-state index in [1.165, 1.54) is 101 Å². The average Bonchev–Trinajstić information content (AvgIpc) is 4.36. The number of fused-ring (bicyclic) bond motifs is 6. The molecule has 2 unspecified atom stereocenters. The van der Waals surface area contributed by atoms with Crippen LogP contribution in [0.15, 0.2) is 120 Å². The molecule has 6 aromatic rings. The molecular formula is C71H75BrO8. The fourth-order valence-electron chi connectivity index (χ4n) is 13.2. The van der Waals surface area contributed by atoms with Crippen molar-refractivity contribution in [1.29, 1.82) is 0 Å². The summed E-state index contributed by atoms with van der Waals surface area (Å²) >= 11 is 3.42. The van der Waals surface area contributed by atoms with Gasteiger partial charge in [-0.2, -0.15) is 0 Å². The van der Waals surface area contributed by atoms with Crippen molar-refractivity contribution in [2.45, 2.75) is 171 Å². The summed E-state index contributed by atoms with van der Waals surface area (Å²) in [4.78, 5) is 45.8. The molecule has 1 heterocycles. The van der Waals surface area contributed by atoms with Gasteiger partial charge >= 0.3 is 5.97 Å². The summed E-state index contributed by atoms with van der Waals surface area (Å²) < 4.78 is 18.1. The lowest BCUT2D eigenvalue weighted by Gasteiger charge is -2.18. The quantitative estimate of drug-likeness (QED) is 0.150. The SMILES string of the molecule is C=C(C)c1cccc2c1CCC2=O.CC1(c2cccc3c2CCC3=O)CC1.CC1(c2cccc3c2CCC3O)CC1.COC(=O)C[C@@H]1COc2cc(OC3CCc4c3cccc4C3(C)CC3)ccc21.O=C1CCc2c(Br)cccc21. The number of methoxy groups -OCH3 is 1. The molecule has 3 saturated carbocycles. The van der Waals surface area contributed by atoms with Gasteiger partial charge in [-0.05, 0) is 180 Å². The van der Waals surface area contributed by atoms with E-state index in [0.29, 0.717) is 47.9 Å². The molecule has 1 N–H and O–H groups in total. The lowest BCUT2D eigenvalue weighted by molar-refractivity contribution is -0.141. The lowest BCUT2D eigenvalue weighted by atomic mass is 9.91. The molecule has 0 amide bonds. The third-order valence-corrected chi connectivity index (χ3v) is 19.6. The summed E-state index contributed by atoms with van der Waals surface area (Å²) in [6.07, 6.45) is 17.0. The Hall–Kier alpha value is -6.42. The van der Waals surface area contributed by atoms with E-state index in [1.807, 2.05) is 73.7 Å². The monoisotopic (exact) mass is 1130 g/mol. The Morgan fingerprint density at radius 2 is 1.10 bits per heavy atom. The number of ether oxygens (including phenoxy) is 3. The highest BCUT2D eigenvalue weighted by Gasteiger charge is 2.44. The van der Waals surface area contributed by atoms with Gasteiger partial charge in [0.1, 0.15) is 17.6 Å². The number of Topliss-reactive ketones (excluding diaryl/α,β-unsaturated/α-hetero) is 3. The van der Waals surface area contributed by atoms with Crippen molar-refractivity contribution < 1.29 is 38.5 Å². The number of esters is 1. The maximum absolute atomic E-state index is 11.6. The van der Waals surface area contributed by atoms with Crippen molar-refractivity contribution in [3.8, 4) is 11.5 Å². The highest BCUT2D eigenvalue weighted by Crippen LogP contribution is 2.53. The van der Waals surface area contributed by atoms with Crippen LogP contribution in [0.5, 0.6) is 11.5 Å². The van der Waals surface area contributed by atoms with Crippen molar-refractivity contribution in [3.63, 3.8) is 0 Å². The van der Waals surface area contributed by atoms with Crippen LogP contribution in [0.2, 0.25) is 0 Å². The first-order chi connectivity index (χ1) is 38.5. The summed E-state index contributed by atoms with van der Waals surface area (Å²) in [7, 11) is 1.42. The first-order valence-electron chi connectivity index (χ1n) is 29.2. The predicted molar refractivity (Wildman–Crippen MR) is 319 cm³/mol. The first-order valence-corrected chi connectivity index (χ1v) is 30.0. The maximum atomic E-state index is 11.6. The number of halogens is 1. The van der Waals surface area contributed by atoms with Crippen molar-refractivity contribution in [1.82, 2.24) is 0 Å². The first kappa shape index (κ1) is 55.5. The van der Waals surface area contributed by atoms with Gasteiger partial charge in [-0.25, -0.2) is 0 Å². The highest BCUT2D eigenvalue weighted by molar-refractivity contribution is 9.10. The van der Waals surface area contributed by atoms with Crippen LogP contribution in [0, 0.1) is 0 Å². The number of benzene rings is 6. The molecular weight excluding hydrogens is 1060 g/mol. The second-order valence-corrected chi connectivity index (χ2v) is 25.4. The molecule has 8 aliphatic carbocycles. The average molecular weight is 1140 g/mol. The molecule has 15 rings (SSSR count). The normalized spacial score (nSPS) is 21.3. The Balaban J connectivity index is 0.000000111. The van der Waals surface area contributed by atoms with Gasteiger partial charge in [0.15, 0.2) is 17.3 Å². The molecule has 3 atom stereocenters. The number of hydrogen-bond donors (Lipinski definition) is 1. The molecule has 0 bridgehead atoms. The van der Waals surface area contributed by atoms with E-state index in [-0.39, 0.29) is 35.7 Å². The van der Waals surface area contributed by atoms with Crippen LogP contribution in [0.1, 0.15) is 221 Å². The minimum Gasteiger partial charge on any atom is -0.492 e. The fraction of sp³-hybridized carbons (Fsp3) is 0.408. The zero-order valence-corrected chi connectivity index (χ0v) is 48.8. The number of rotatable bonds is 8. The van der Waals surface area contributed by atoms with Gasteiger partial charge in [0.05, 0.1) is 26.2 Å². The van der Waals surface area contributed by atoms with E-state index in [0.717, 1.165) is 101 Å². The van der Waals surface area contributed by atoms with Crippen LogP contribution in [0.3, 0.4) is 0 Å². The maximum Gasteiger partial charge on any atom is 0.306 e. The fourth-order valence-corrected chi connectivity index (χ4v) is 13.8. The van der Waals surface area contributed by atoms with Gasteiger partial charge < -0.3 is 19.3 Å². The summed E-state index contributed by atoms with van der Waals surface area (Å²) in [6.45, 7) is 13.4. The van der Waals surface area contributed by atoms with Gasteiger partial charge in [0.25, 0.3) is 0 Å². The third kappa shape index (κ3) is 11.3. The Labute approximate surface area is 480 Å². The van der Waals surface area contributed by atoms with E-state index in [1.54, 1.807) is 0 Å². The van der Waals surface area contributed by atoms with Crippen LogP contribution in [-0.4, -0.2) is 42.1 Å². The summed E-state index contributed by atoms with van der Waals surface area (Å²) in [5.74, 6) is 2.41. The smallest absolute Gasteiger partial charge is 0.306 e. The van der Waals surface area contributed by atoms with Crippen molar-refractivity contribution in [2.24, 2.45) is 0 Å². The summed E-state index contributed by atoms with van der Waals surface area (Å²) in [6, 6.07) is 37.1. The van der Waals surface area contributed by atoms with Gasteiger partial charge in [0, 0.05) is 58.0 Å². The topological polar surface area (TPSA) is 116 Å². The van der Waals surface area contributed by atoms with Crippen LogP contribution >= 0.6 is 15.9 Å². The van der Waals surface area contributed by atoms with Crippen molar-refractivity contribution in [2.75, 3.05) is 13.7 Å². The molecule has 3 fully saturated rings. The minimum atomic E-state index is -0.204. The number of hydrogen-bond acceptors (Lipinski definition) is 8. The predicted octanol–water partition coefficient (Wildman–Crippen LogP) is 15.9. The Morgan fingerprint density at radius 1 is 0.600 bits per heavy atom. The number of aliphatic hydroxyl groups is 1. The zero-order chi connectivity index (χ0) is 56.1. The van der Waals surface area contributed by atoms with Gasteiger partial charge in [-0.1, -0.05) is 140 Å². The number of aliphatic hydroxyl groups excluding tert-OH is 1. The summed E-state index contributed by atoms with van der Waals surface area (Å²) in [5, 5.41) is 9.79. The second-order valence-electron chi connectivity index (χ2n) is 24.6. The Bertz CT molecular complexity index is 3440. The molecule has 8 nitrogen and oxygen atoms in total. The van der Waals surface area contributed by atoms with E-state index in [4.69, 9.17) is 14.2 Å². The third-order valence-electron chi connectivity index (χ3n) is 18.8. The van der Waals surface area contributed by atoms with E-state index >= 15 is 0 Å². The lowest BCUT2D eigenvalue weighted by Crippen LogP contribution is -2.09. The number of carbonyl (C=O) groups is 4. The van der Waals surface area contributed by atoms with E-state index < -0.39 is 0 Å². The molecule has 1 aliphatic heterocycles. The number of ketones is 3. The second kappa shape index (κ2) is 22.5. The van der Waals surface area contributed by atoms with Crippen molar-refractivity contribution >= 4 is 44.8 Å². The molecule has 0 aromatic heterocycles. The van der Waals surface area contributed by atoms with Crippen LogP contribution < -0.4 is 9.47 Å². The molecule has 0 saturated heterocycles. The largest absolute Gasteiger partial charge is 0.492 e. The highest BCUT2D eigenvalue weighted by atomic mass is 79.9. The molecule has 80 heavy (non-hydrogen) atoms. The van der Waals surface area contributed by atoms with Crippen LogP contribution in [-0.2, 0) is 57.9 Å². The summed E-state index contributed by atoms with van der Waals surface area (Å²) in [5.41, 5.74) is 21.0. The van der Waals surface area contributed by atoms with Crippen molar-refractivity contribution in [3.05, 3.63) is 204 Å². The Morgan fingerprint density at radius 3 is 1.69 bits per heavy atom. The van der Waals surface area contributed by atoms with E-state index in [2.05, 4.69) is 85.7 Å². The molecule has 6 aromatic carbocycles. The van der Waals surface area contributed by atoms with E-state index in [9.17, 15) is 24.3 Å². The van der Waals surface area contributed by atoms with Gasteiger partial charge in [-0.15, -0.1) is 0 Å². The molecule has 9 aliphatic rings. The number of allylic oxidation sites excluding steroid dienone is 1. The molecule has 414 valence electrons. The standard InChI is InChI=1S/C24H26O4.C13H16O.C13H14O.C12H12O.C9H7BrO/c1-24(10-11-24)20-5-3-4-19-18(20)8-9-21(19)28-16-6-7-17-15(12-23(25)26-2)14-27-22(17)13-16;2*1-13(7-8-13)11-4-2-3-10-9(11)5-6-12(10)14;1-8(2)9-4-3-5-11-10(9)6-7-12(11)13;10-8-3-1-2-7-6(8)4-5-9(7)11/h3-7,13,15,21H,8-12,14H2,1-2H3;2-4,12,14H,5-8H2,1H3;2-4H,5-8H2,1H3;3-5H,1,6-7H2,2H3;1-3H,4-5H2/t15-,21?;;;;/m1..../s1. The number of carbonyl (C=O) groups excluding carboxylic acids is 4.